The summed E-state index contributed by atoms with van der Waals surface area (Å²) in [5.41, 5.74) is 2.66. The number of ether oxygens (including phenoxy) is 1. The number of sulfone groups is 1. The van der Waals surface area contributed by atoms with E-state index in [1.165, 1.54) is 11.1 Å². The summed E-state index contributed by atoms with van der Waals surface area (Å²) in [6.45, 7) is 4.72. The van der Waals surface area contributed by atoms with Crippen molar-refractivity contribution in [2.24, 2.45) is 5.92 Å². The van der Waals surface area contributed by atoms with Crippen molar-refractivity contribution in [1.82, 2.24) is 10.2 Å². The van der Waals surface area contributed by atoms with Gasteiger partial charge in [0, 0.05) is 6.04 Å². The lowest BCUT2D eigenvalue weighted by Gasteiger charge is -2.44. The second-order valence-corrected chi connectivity index (χ2v) is 11.1. The lowest BCUT2D eigenvalue weighted by Crippen LogP contribution is -2.54. The van der Waals surface area contributed by atoms with Crippen LogP contribution >= 0.6 is 0 Å². The summed E-state index contributed by atoms with van der Waals surface area (Å²) in [6.07, 6.45) is 5.58. The Morgan fingerprint density at radius 1 is 1.06 bits per heavy atom. The maximum absolute atomic E-state index is 14.1. The van der Waals surface area contributed by atoms with Crippen LogP contribution in [0.3, 0.4) is 0 Å². The van der Waals surface area contributed by atoms with Crippen molar-refractivity contribution in [3.05, 3.63) is 59.7 Å². The van der Waals surface area contributed by atoms with E-state index >= 15 is 0 Å². The number of nitrogens with one attached hydrogen (secondary N) is 1. The number of benzene rings is 2. The van der Waals surface area contributed by atoms with Gasteiger partial charge in [0.25, 0.3) is 0 Å². The van der Waals surface area contributed by atoms with Gasteiger partial charge in [0.15, 0.2) is 9.84 Å². The Balaban J connectivity index is 1.71. The molecule has 0 aromatic heterocycles. The highest BCUT2D eigenvalue weighted by Gasteiger charge is 2.42. The summed E-state index contributed by atoms with van der Waals surface area (Å²) in [5.74, 6) is 1.01. The Morgan fingerprint density at radius 3 is 2.50 bits per heavy atom. The number of nitrogens with zero attached hydrogens (tertiary/aromatic N) is 1. The van der Waals surface area contributed by atoms with Gasteiger partial charge >= 0.3 is 0 Å². The molecule has 0 radical (unpaired) electrons. The molecule has 1 fully saturated rings. The molecule has 1 saturated heterocycles. The van der Waals surface area contributed by atoms with E-state index in [0.717, 1.165) is 63.9 Å². The van der Waals surface area contributed by atoms with Gasteiger partial charge in [-0.25, -0.2) is 8.42 Å². The summed E-state index contributed by atoms with van der Waals surface area (Å²) < 4.78 is 33.6. The summed E-state index contributed by atoms with van der Waals surface area (Å²) >= 11 is 0. The van der Waals surface area contributed by atoms with Crippen LogP contribution in [0.15, 0.2) is 53.4 Å². The van der Waals surface area contributed by atoms with Crippen LogP contribution < -0.4 is 10.1 Å². The molecular formula is C26H36N2O3S. The van der Waals surface area contributed by atoms with Crippen molar-refractivity contribution in [2.75, 3.05) is 26.7 Å². The second kappa shape index (κ2) is 10.4. The van der Waals surface area contributed by atoms with Crippen molar-refractivity contribution in [3.63, 3.8) is 0 Å². The number of fused-ring (bicyclic) bond motifs is 1. The summed E-state index contributed by atoms with van der Waals surface area (Å²) in [4.78, 5) is 2.79. The fourth-order valence-electron chi connectivity index (χ4n) is 5.48. The molecule has 0 bridgehead atoms. The third-order valence-electron chi connectivity index (χ3n) is 7.07. The Morgan fingerprint density at radius 2 is 1.81 bits per heavy atom. The zero-order valence-corrected chi connectivity index (χ0v) is 20.1. The molecule has 6 heteroatoms. The van der Waals surface area contributed by atoms with Gasteiger partial charge in [-0.05, 0) is 99.5 Å². The first-order valence-electron chi connectivity index (χ1n) is 12.0. The monoisotopic (exact) mass is 456 g/mol. The Bertz CT molecular complexity index is 987. The van der Waals surface area contributed by atoms with Crippen LogP contribution in [0.1, 0.15) is 43.7 Å². The first kappa shape index (κ1) is 23.3. The molecule has 1 heterocycles. The third-order valence-corrected chi connectivity index (χ3v) is 9.29. The van der Waals surface area contributed by atoms with Crippen LogP contribution in [0.4, 0.5) is 0 Å². The maximum Gasteiger partial charge on any atom is 0.194 e. The van der Waals surface area contributed by atoms with Crippen LogP contribution in [-0.4, -0.2) is 51.5 Å². The highest BCUT2D eigenvalue weighted by atomic mass is 32.2. The molecule has 2 aromatic carbocycles. The van der Waals surface area contributed by atoms with E-state index < -0.39 is 15.2 Å². The van der Waals surface area contributed by atoms with E-state index in [1.807, 2.05) is 24.3 Å². The van der Waals surface area contributed by atoms with Crippen molar-refractivity contribution < 1.29 is 13.2 Å². The fourth-order valence-corrected chi connectivity index (χ4v) is 7.71. The molecule has 2 aliphatic rings. The standard InChI is InChI=1S/C26H36N2O3S/c1-3-17-28(23-11-9-20-10-12-24(31-2)19-22(20)18-23)26(21-13-15-27-16-14-21)32(29,30)25-7-5-4-6-8-25/h4-8,10,12,19,21,23,26-27H,3,9,11,13-18H2,1-2H3. The molecule has 1 aliphatic heterocycles. The van der Waals surface area contributed by atoms with Crippen molar-refractivity contribution in [1.29, 1.82) is 0 Å². The topological polar surface area (TPSA) is 58.6 Å². The average Bonchev–Trinajstić information content (AvgIpc) is 2.84. The van der Waals surface area contributed by atoms with E-state index in [-0.39, 0.29) is 12.0 Å². The molecule has 2 unspecified atom stereocenters. The van der Waals surface area contributed by atoms with Gasteiger partial charge in [0.1, 0.15) is 11.1 Å². The SMILES string of the molecule is CCCN(C1CCc2ccc(OC)cc2C1)C(C1CCNCC1)S(=O)(=O)c1ccccc1. The Hall–Kier alpha value is -1.89. The minimum Gasteiger partial charge on any atom is -0.497 e. The number of piperidine rings is 1. The normalized spacial score (nSPS) is 20.7. The molecule has 2 aromatic rings. The lowest BCUT2D eigenvalue weighted by atomic mass is 9.86. The van der Waals surface area contributed by atoms with Gasteiger partial charge in [-0.1, -0.05) is 31.2 Å². The minimum absolute atomic E-state index is 0.139. The van der Waals surface area contributed by atoms with Crippen LogP contribution in [0.5, 0.6) is 5.75 Å². The second-order valence-electron chi connectivity index (χ2n) is 9.11. The molecule has 1 N–H and O–H groups in total. The van der Waals surface area contributed by atoms with Gasteiger partial charge in [0.2, 0.25) is 0 Å². The van der Waals surface area contributed by atoms with E-state index in [2.05, 4.69) is 29.3 Å². The number of hydrogen-bond donors (Lipinski definition) is 1. The van der Waals surface area contributed by atoms with Crippen molar-refractivity contribution >= 4 is 9.84 Å². The first-order chi connectivity index (χ1) is 15.5. The Kier molecular flexibility index (Phi) is 7.54. The number of aryl methyl sites for hydroxylation is 1. The zero-order chi connectivity index (χ0) is 22.6. The predicted octanol–water partition coefficient (Wildman–Crippen LogP) is 4.06. The van der Waals surface area contributed by atoms with E-state index in [4.69, 9.17) is 4.74 Å². The average molecular weight is 457 g/mol. The smallest absolute Gasteiger partial charge is 0.194 e. The van der Waals surface area contributed by atoms with Crippen LogP contribution in [0.25, 0.3) is 0 Å². The van der Waals surface area contributed by atoms with Gasteiger partial charge in [-0.2, -0.15) is 0 Å². The molecular weight excluding hydrogens is 420 g/mol. The van der Waals surface area contributed by atoms with E-state index in [1.54, 1.807) is 19.2 Å². The van der Waals surface area contributed by atoms with E-state index in [0.29, 0.717) is 4.90 Å². The molecule has 2 atom stereocenters. The minimum atomic E-state index is -3.49. The van der Waals surface area contributed by atoms with E-state index in [9.17, 15) is 8.42 Å². The quantitative estimate of drug-likeness (QED) is 0.649. The third kappa shape index (κ3) is 4.87. The molecule has 32 heavy (non-hydrogen) atoms. The fraction of sp³-hybridized carbons (Fsp3) is 0.538. The highest BCUT2D eigenvalue weighted by molar-refractivity contribution is 7.92. The lowest BCUT2D eigenvalue weighted by molar-refractivity contribution is 0.113. The van der Waals surface area contributed by atoms with Gasteiger partial charge in [-0.3, -0.25) is 4.90 Å². The maximum atomic E-state index is 14.1. The van der Waals surface area contributed by atoms with Crippen molar-refractivity contribution in [2.45, 2.75) is 61.8 Å². The molecule has 174 valence electrons. The Labute approximate surface area is 193 Å². The summed E-state index contributed by atoms with van der Waals surface area (Å²) in [5, 5.41) is 2.93. The molecule has 4 rings (SSSR count). The van der Waals surface area contributed by atoms with Crippen LogP contribution in [0.2, 0.25) is 0 Å². The number of rotatable bonds is 8. The summed E-state index contributed by atoms with van der Waals surface area (Å²) in [7, 11) is -1.79. The van der Waals surface area contributed by atoms with Gasteiger partial charge < -0.3 is 10.1 Å². The molecule has 0 spiro atoms. The number of hydrogen-bond acceptors (Lipinski definition) is 5. The first-order valence-corrected chi connectivity index (χ1v) is 13.5. The molecule has 5 nitrogen and oxygen atoms in total. The van der Waals surface area contributed by atoms with Crippen LogP contribution in [-0.2, 0) is 22.7 Å². The largest absolute Gasteiger partial charge is 0.497 e. The molecule has 0 amide bonds. The predicted molar refractivity (Wildman–Crippen MR) is 129 cm³/mol. The van der Waals surface area contributed by atoms with Crippen molar-refractivity contribution in [3.8, 4) is 5.75 Å². The molecule has 1 aliphatic carbocycles. The zero-order valence-electron chi connectivity index (χ0n) is 19.3. The van der Waals surface area contributed by atoms with Crippen LogP contribution in [0, 0.1) is 5.92 Å². The number of methoxy groups -OCH3 is 1. The van der Waals surface area contributed by atoms with Gasteiger partial charge in [-0.15, -0.1) is 0 Å². The molecule has 0 saturated carbocycles. The van der Waals surface area contributed by atoms with Gasteiger partial charge in [0.05, 0.1) is 12.0 Å². The summed E-state index contributed by atoms with van der Waals surface area (Å²) in [6, 6.07) is 15.6. The highest BCUT2D eigenvalue weighted by Crippen LogP contribution is 2.35.